The van der Waals surface area contributed by atoms with Gasteiger partial charge in [0.25, 0.3) is 0 Å². The van der Waals surface area contributed by atoms with Gasteiger partial charge in [-0.1, -0.05) is 13.8 Å². The van der Waals surface area contributed by atoms with Gasteiger partial charge in [0, 0.05) is 37.0 Å². The van der Waals surface area contributed by atoms with E-state index in [-0.39, 0.29) is 36.4 Å². The Kier molecular flexibility index (Phi) is 5.86. The number of allylic oxidation sites excluding steroid dienone is 1. The van der Waals surface area contributed by atoms with Gasteiger partial charge in [-0.25, -0.2) is 17.6 Å². The molecule has 1 aliphatic heterocycles. The van der Waals surface area contributed by atoms with Crippen molar-refractivity contribution in [1.29, 1.82) is 0 Å². The van der Waals surface area contributed by atoms with Crippen LogP contribution in [0.2, 0.25) is 0 Å². The van der Waals surface area contributed by atoms with Gasteiger partial charge in [0.2, 0.25) is 5.92 Å². The third-order valence-corrected chi connectivity index (χ3v) is 6.01. The van der Waals surface area contributed by atoms with Gasteiger partial charge >= 0.3 is 0 Å². The molecule has 2 aromatic rings. The molecule has 1 fully saturated rings. The zero-order chi connectivity index (χ0) is 22.2. The van der Waals surface area contributed by atoms with E-state index in [2.05, 4.69) is 9.98 Å². The summed E-state index contributed by atoms with van der Waals surface area (Å²) in [5.41, 5.74) is 1.76. The largest absolute Gasteiger partial charge is 0.323 e. The van der Waals surface area contributed by atoms with E-state index in [0.717, 1.165) is 23.8 Å². The number of rotatable bonds is 4. The number of hydrogen-bond donors (Lipinski definition) is 0. The van der Waals surface area contributed by atoms with Crippen molar-refractivity contribution in [3.8, 4) is 11.3 Å². The van der Waals surface area contributed by atoms with Crippen molar-refractivity contribution in [2.45, 2.75) is 57.5 Å². The number of benzene rings is 1. The maximum Gasteiger partial charge on any atom is 0.248 e. The minimum Gasteiger partial charge on any atom is -0.323 e. The fourth-order valence-corrected chi connectivity index (χ4v) is 4.43. The highest BCUT2D eigenvalue weighted by Gasteiger charge is 2.37. The van der Waals surface area contributed by atoms with Gasteiger partial charge in [-0.15, -0.1) is 0 Å². The molecule has 0 bridgehead atoms. The maximum absolute atomic E-state index is 14.8. The number of halogens is 4. The van der Waals surface area contributed by atoms with Crippen LogP contribution in [-0.2, 0) is 0 Å². The van der Waals surface area contributed by atoms with E-state index < -0.39 is 17.6 Å². The van der Waals surface area contributed by atoms with Gasteiger partial charge in [-0.3, -0.25) is 9.98 Å². The van der Waals surface area contributed by atoms with E-state index in [1.807, 2.05) is 31.0 Å². The number of hydrogen-bond acceptors (Lipinski definition) is 3. The Balaban J connectivity index is 1.89. The van der Waals surface area contributed by atoms with Crippen molar-refractivity contribution in [3.63, 3.8) is 0 Å². The van der Waals surface area contributed by atoms with Crippen molar-refractivity contribution >= 4 is 11.9 Å². The average Bonchev–Trinajstić information content (AvgIpc) is 2.75. The Labute approximate surface area is 179 Å². The Morgan fingerprint density at radius 3 is 2.55 bits per heavy atom. The molecule has 1 saturated carbocycles. The smallest absolute Gasteiger partial charge is 0.248 e. The predicted octanol–water partition coefficient (Wildman–Crippen LogP) is 6.71. The van der Waals surface area contributed by atoms with Crippen LogP contribution in [0.1, 0.15) is 51.0 Å². The van der Waals surface area contributed by atoms with Crippen LogP contribution < -0.4 is 4.90 Å². The number of pyridine rings is 1. The van der Waals surface area contributed by atoms with Crippen LogP contribution in [0, 0.1) is 17.6 Å². The van der Waals surface area contributed by atoms with Gasteiger partial charge in [-0.2, -0.15) is 0 Å². The molecule has 1 atom stereocenters. The molecule has 3 nitrogen and oxygen atoms in total. The van der Waals surface area contributed by atoms with Crippen LogP contribution >= 0.6 is 0 Å². The molecule has 7 heteroatoms. The average molecular weight is 431 g/mol. The molecule has 0 radical (unpaired) electrons. The number of alkyl halides is 2. The molecule has 1 aliphatic carbocycles. The Bertz CT molecular complexity index is 1010. The lowest BCUT2D eigenvalue weighted by molar-refractivity contribution is -0.0381. The summed E-state index contributed by atoms with van der Waals surface area (Å²) >= 11 is 0. The van der Waals surface area contributed by atoms with Crippen LogP contribution in [-0.4, -0.2) is 23.3 Å². The normalized spacial score (nSPS) is 21.1. The summed E-state index contributed by atoms with van der Waals surface area (Å²) in [4.78, 5) is 10.9. The van der Waals surface area contributed by atoms with Gasteiger partial charge < -0.3 is 4.90 Å². The second-order valence-electron chi connectivity index (χ2n) is 8.56. The van der Waals surface area contributed by atoms with E-state index in [1.54, 1.807) is 18.5 Å². The second kappa shape index (κ2) is 8.44. The number of nitrogens with zero attached hydrogens (tertiary/aromatic N) is 3. The number of aliphatic imine (C=N–C) groups is 1. The molecule has 1 aromatic heterocycles. The molecule has 0 amide bonds. The quantitative estimate of drug-likeness (QED) is 0.504. The highest BCUT2D eigenvalue weighted by molar-refractivity contribution is 5.82. The minimum absolute atomic E-state index is 0.0449. The van der Waals surface area contributed by atoms with Gasteiger partial charge in [0.05, 0.1) is 11.4 Å². The first kappa shape index (κ1) is 21.5. The molecule has 0 N–H and O–H groups in total. The number of anilines is 1. The van der Waals surface area contributed by atoms with Crippen LogP contribution in [0.5, 0.6) is 0 Å². The van der Waals surface area contributed by atoms with Crippen molar-refractivity contribution in [1.82, 2.24) is 4.98 Å². The van der Waals surface area contributed by atoms with Crippen LogP contribution in [0.15, 0.2) is 47.7 Å². The van der Waals surface area contributed by atoms with E-state index in [4.69, 9.17) is 0 Å². The van der Waals surface area contributed by atoms with Gasteiger partial charge in [0.15, 0.2) is 0 Å². The first-order valence-electron chi connectivity index (χ1n) is 10.6. The molecular formula is C24H25F4N3. The van der Waals surface area contributed by atoms with Crippen molar-refractivity contribution in [2.75, 3.05) is 4.90 Å². The highest BCUT2D eigenvalue weighted by atomic mass is 19.3. The Morgan fingerprint density at radius 1 is 1.10 bits per heavy atom. The topological polar surface area (TPSA) is 28.5 Å². The van der Waals surface area contributed by atoms with Crippen molar-refractivity contribution in [2.24, 2.45) is 10.9 Å². The van der Waals surface area contributed by atoms with Crippen LogP contribution in [0.25, 0.3) is 11.3 Å². The Hall–Kier alpha value is -2.70. The van der Waals surface area contributed by atoms with E-state index in [0.29, 0.717) is 24.2 Å². The maximum atomic E-state index is 14.8. The first-order valence-corrected chi connectivity index (χ1v) is 10.6. The SMILES string of the molecule is CC(C)C1N=CC=CN1c1c(C2CCC(F)(F)CC2)ccnc1-c1cc(F)ccc1F. The van der Waals surface area contributed by atoms with E-state index in [9.17, 15) is 17.6 Å². The van der Waals surface area contributed by atoms with E-state index in [1.165, 1.54) is 0 Å². The summed E-state index contributed by atoms with van der Waals surface area (Å²) in [7, 11) is 0. The molecule has 1 unspecified atom stereocenters. The summed E-state index contributed by atoms with van der Waals surface area (Å²) in [6, 6.07) is 5.08. The molecule has 4 rings (SSSR count). The molecule has 1 aromatic carbocycles. The Morgan fingerprint density at radius 2 is 1.84 bits per heavy atom. The van der Waals surface area contributed by atoms with Crippen LogP contribution in [0.4, 0.5) is 23.2 Å². The zero-order valence-corrected chi connectivity index (χ0v) is 17.5. The summed E-state index contributed by atoms with van der Waals surface area (Å²) < 4.78 is 56.4. The monoisotopic (exact) mass is 431 g/mol. The lowest BCUT2D eigenvalue weighted by atomic mass is 9.81. The minimum atomic E-state index is -2.66. The zero-order valence-electron chi connectivity index (χ0n) is 17.5. The third kappa shape index (κ3) is 4.36. The summed E-state index contributed by atoms with van der Waals surface area (Å²) in [5.74, 6) is -3.82. The van der Waals surface area contributed by atoms with Gasteiger partial charge in [-0.05, 0) is 60.6 Å². The molecule has 0 spiro atoms. The molecular weight excluding hydrogens is 406 g/mol. The van der Waals surface area contributed by atoms with E-state index >= 15 is 0 Å². The third-order valence-electron chi connectivity index (χ3n) is 6.01. The fourth-order valence-electron chi connectivity index (χ4n) is 4.43. The number of aromatic nitrogens is 1. The summed E-state index contributed by atoms with van der Waals surface area (Å²) in [6.45, 7) is 4.04. The molecule has 31 heavy (non-hydrogen) atoms. The molecule has 164 valence electrons. The highest BCUT2D eigenvalue weighted by Crippen LogP contribution is 2.46. The summed E-state index contributed by atoms with van der Waals surface area (Å²) in [5, 5.41) is 0. The summed E-state index contributed by atoms with van der Waals surface area (Å²) in [6.07, 6.45) is 6.87. The second-order valence-corrected chi connectivity index (χ2v) is 8.56. The van der Waals surface area contributed by atoms with Crippen molar-refractivity contribution in [3.05, 3.63) is 59.9 Å². The predicted molar refractivity (Wildman–Crippen MR) is 114 cm³/mol. The molecule has 2 aliphatic rings. The standard InChI is InChI=1S/C24H25F4N3/c1-15(2)23-30-11-3-13-31(23)22-18(16-6-9-24(27,28)10-7-16)8-12-29-21(22)19-14-17(25)4-5-20(19)26/h3-5,8,11-16,23H,6-7,9-10H2,1-2H3. The van der Waals surface area contributed by atoms with Gasteiger partial charge in [0.1, 0.15) is 17.8 Å². The first-order chi connectivity index (χ1) is 14.8. The molecule has 2 heterocycles. The molecule has 0 saturated heterocycles. The van der Waals surface area contributed by atoms with Crippen LogP contribution in [0.3, 0.4) is 0 Å². The fraction of sp³-hybridized carbons (Fsp3) is 0.417. The van der Waals surface area contributed by atoms with Crippen molar-refractivity contribution < 1.29 is 17.6 Å². The lowest BCUT2D eigenvalue weighted by Crippen LogP contribution is -2.37. The lowest BCUT2D eigenvalue weighted by Gasteiger charge is -2.37.